The molecule has 2 rings (SSSR count). The third kappa shape index (κ3) is 2.28. The van der Waals surface area contributed by atoms with Crippen LogP contribution in [0.15, 0.2) is 23.1 Å². The summed E-state index contributed by atoms with van der Waals surface area (Å²) in [7, 11) is 3.13. The number of methoxy groups -OCH3 is 1. The van der Waals surface area contributed by atoms with Gasteiger partial charge in [0.2, 0.25) is 0 Å². The average Bonchev–Trinajstić information content (AvgIpc) is 2.40. The molecule has 0 N–H and O–H groups in total. The molecule has 102 valence electrons. The molecule has 0 saturated carbocycles. The summed E-state index contributed by atoms with van der Waals surface area (Å²) in [5.41, 5.74) is 2.96. The van der Waals surface area contributed by atoms with Crippen molar-refractivity contribution in [3.05, 3.63) is 45.5 Å². The summed E-state index contributed by atoms with van der Waals surface area (Å²) < 4.78 is 6.66. The smallest absolute Gasteiger partial charge is 0.347 e. The topological polar surface area (TPSA) is 67.9 Å². The van der Waals surface area contributed by atoms with Gasteiger partial charge in [0.05, 0.1) is 18.4 Å². The van der Waals surface area contributed by atoms with Gasteiger partial charge in [-0.25, -0.2) is 4.79 Å². The highest BCUT2D eigenvalue weighted by atomic mass is 16.5. The standard InChI is InChI=1S/C15H15N3O2/c1-9-5-10(2)13(12(6-9)20-4)14-11(7-16)8-18(3)15(19)17-14/h5-6,8H,1-4H3. The van der Waals surface area contributed by atoms with Gasteiger partial charge in [0.15, 0.2) is 0 Å². The molecule has 0 fully saturated rings. The van der Waals surface area contributed by atoms with Crippen LogP contribution in [0.5, 0.6) is 5.75 Å². The van der Waals surface area contributed by atoms with Gasteiger partial charge in [-0.1, -0.05) is 6.07 Å². The van der Waals surface area contributed by atoms with Crippen LogP contribution in [-0.4, -0.2) is 16.7 Å². The van der Waals surface area contributed by atoms with Crippen molar-refractivity contribution in [2.24, 2.45) is 7.05 Å². The molecular formula is C15H15N3O2. The van der Waals surface area contributed by atoms with Crippen molar-refractivity contribution >= 4 is 0 Å². The molecule has 0 aliphatic carbocycles. The van der Waals surface area contributed by atoms with E-state index >= 15 is 0 Å². The summed E-state index contributed by atoms with van der Waals surface area (Å²) in [4.78, 5) is 15.8. The van der Waals surface area contributed by atoms with E-state index in [4.69, 9.17) is 4.74 Å². The van der Waals surface area contributed by atoms with Crippen molar-refractivity contribution in [3.8, 4) is 23.1 Å². The maximum atomic E-state index is 11.8. The number of nitriles is 1. The Balaban J connectivity index is 2.85. The van der Waals surface area contributed by atoms with Crippen LogP contribution in [-0.2, 0) is 7.05 Å². The van der Waals surface area contributed by atoms with Crippen LogP contribution in [0.1, 0.15) is 16.7 Å². The molecule has 0 bridgehead atoms. The van der Waals surface area contributed by atoms with Gasteiger partial charge in [0.1, 0.15) is 11.8 Å². The maximum Gasteiger partial charge on any atom is 0.347 e. The fourth-order valence-corrected chi connectivity index (χ4v) is 2.21. The van der Waals surface area contributed by atoms with Gasteiger partial charge in [-0.2, -0.15) is 10.2 Å². The lowest BCUT2D eigenvalue weighted by molar-refractivity contribution is 0.415. The molecular weight excluding hydrogens is 254 g/mol. The Labute approximate surface area is 117 Å². The molecule has 0 aliphatic heterocycles. The Morgan fingerprint density at radius 3 is 2.65 bits per heavy atom. The van der Waals surface area contributed by atoms with Crippen LogP contribution >= 0.6 is 0 Å². The third-order valence-corrected chi connectivity index (χ3v) is 3.11. The number of aromatic nitrogens is 2. The largest absolute Gasteiger partial charge is 0.496 e. The van der Waals surface area contributed by atoms with E-state index < -0.39 is 5.69 Å². The number of ether oxygens (including phenoxy) is 1. The first-order valence-electron chi connectivity index (χ1n) is 6.11. The number of rotatable bonds is 2. The molecule has 20 heavy (non-hydrogen) atoms. The van der Waals surface area contributed by atoms with Gasteiger partial charge < -0.3 is 9.30 Å². The van der Waals surface area contributed by atoms with Crippen LogP contribution in [0.3, 0.4) is 0 Å². The molecule has 0 saturated heterocycles. The molecule has 0 atom stereocenters. The van der Waals surface area contributed by atoms with E-state index in [1.165, 1.54) is 10.8 Å². The predicted octanol–water partition coefficient (Wildman–Crippen LogP) is 1.94. The summed E-state index contributed by atoms with van der Waals surface area (Å²) in [6.07, 6.45) is 1.49. The number of aryl methyl sites for hydroxylation is 3. The summed E-state index contributed by atoms with van der Waals surface area (Å²) in [6, 6.07) is 5.91. The van der Waals surface area contributed by atoms with Crippen LogP contribution in [0.4, 0.5) is 0 Å². The van der Waals surface area contributed by atoms with E-state index in [9.17, 15) is 10.1 Å². The van der Waals surface area contributed by atoms with E-state index in [1.807, 2.05) is 26.0 Å². The summed E-state index contributed by atoms with van der Waals surface area (Å²) in [6.45, 7) is 3.87. The van der Waals surface area contributed by atoms with Crippen molar-refractivity contribution in [2.75, 3.05) is 7.11 Å². The molecule has 1 aromatic carbocycles. The highest BCUT2D eigenvalue weighted by Gasteiger charge is 2.17. The Bertz CT molecular complexity index is 770. The van der Waals surface area contributed by atoms with Gasteiger partial charge in [0, 0.05) is 18.8 Å². The van der Waals surface area contributed by atoms with E-state index in [2.05, 4.69) is 11.1 Å². The molecule has 0 radical (unpaired) electrons. The first-order valence-corrected chi connectivity index (χ1v) is 6.11. The highest BCUT2D eigenvalue weighted by Crippen LogP contribution is 2.34. The monoisotopic (exact) mass is 269 g/mol. The maximum absolute atomic E-state index is 11.8. The zero-order valence-electron chi connectivity index (χ0n) is 11.9. The van der Waals surface area contributed by atoms with E-state index in [0.29, 0.717) is 22.6 Å². The quantitative estimate of drug-likeness (QED) is 0.835. The molecule has 0 unspecified atom stereocenters. The second-order valence-corrected chi connectivity index (χ2v) is 4.67. The zero-order valence-corrected chi connectivity index (χ0v) is 11.9. The lowest BCUT2D eigenvalue weighted by Gasteiger charge is -2.13. The summed E-state index contributed by atoms with van der Waals surface area (Å²) >= 11 is 0. The van der Waals surface area contributed by atoms with Crippen LogP contribution in [0.2, 0.25) is 0 Å². The van der Waals surface area contributed by atoms with Gasteiger partial charge in [0.25, 0.3) is 0 Å². The molecule has 0 amide bonds. The second kappa shape index (κ2) is 5.17. The molecule has 5 heteroatoms. The summed E-state index contributed by atoms with van der Waals surface area (Å²) in [5.74, 6) is 0.611. The van der Waals surface area contributed by atoms with Crippen molar-refractivity contribution in [1.29, 1.82) is 5.26 Å². The molecule has 1 aromatic heterocycles. The van der Waals surface area contributed by atoms with Crippen LogP contribution in [0.25, 0.3) is 11.3 Å². The Kier molecular flexibility index (Phi) is 3.57. The van der Waals surface area contributed by atoms with E-state index in [-0.39, 0.29) is 0 Å². The lowest BCUT2D eigenvalue weighted by Crippen LogP contribution is -2.21. The minimum absolute atomic E-state index is 0.345. The van der Waals surface area contributed by atoms with Crippen molar-refractivity contribution in [2.45, 2.75) is 13.8 Å². The average molecular weight is 269 g/mol. The number of benzene rings is 1. The lowest BCUT2D eigenvalue weighted by atomic mass is 9.99. The van der Waals surface area contributed by atoms with Crippen LogP contribution < -0.4 is 10.4 Å². The van der Waals surface area contributed by atoms with Crippen LogP contribution in [0, 0.1) is 25.2 Å². The fraction of sp³-hybridized carbons (Fsp3) is 0.267. The minimum atomic E-state index is -0.402. The molecule has 5 nitrogen and oxygen atoms in total. The summed E-state index contributed by atoms with van der Waals surface area (Å²) in [5, 5.41) is 9.26. The molecule has 0 aliphatic rings. The van der Waals surface area contributed by atoms with Crippen molar-refractivity contribution < 1.29 is 4.74 Å². The van der Waals surface area contributed by atoms with Crippen molar-refractivity contribution in [3.63, 3.8) is 0 Å². The number of nitrogens with zero attached hydrogens (tertiary/aromatic N) is 3. The van der Waals surface area contributed by atoms with Gasteiger partial charge >= 0.3 is 5.69 Å². The zero-order chi connectivity index (χ0) is 14.9. The SMILES string of the molecule is COc1cc(C)cc(C)c1-c1nc(=O)n(C)cc1C#N. The van der Waals surface area contributed by atoms with Gasteiger partial charge in [-0.3, -0.25) is 0 Å². The van der Waals surface area contributed by atoms with Gasteiger partial charge in [-0.15, -0.1) is 0 Å². The first kappa shape index (κ1) is 13.8. The Morgan fingerprint density at radius 1 is 1.35 bits per heavy atom. The third-order valence-electron chi connectivity index (χ3n) is 3.11. The van der Waals surface area contributed by atoms with E-state index in [1.54, 1.807) is 14.2 Å². The minimum Gasteiger partial charge on any atom is -0.496 e. The first-order chi connectivity index (χ1) is 9.47. The normalized spacial score (nSPS) is 10.2. The number of hydrogen-bond donors (Lipinski definition) is 0. The van der Waals surface area contributed by atoms with Crippen molar-refractivity contribution in [1.82, 2.24) is 9.55 Å². The second-order valence-electron chi connectivity index (χ2n) is 4.67. The Hall–Kier alpha value is -2.61. The highest BCUT2D eigenvalue weighted by molar-refractivity contribution is 5.75. The van der Waals surface area contributed by atoms with E-state index in [0.717, 1.165) is 11.1 Å². The number of hydrogen-bond acceptors (Lipinski definition) is 4. The molecule has 0 spiro atoms. The predicted molar refractivity (Wildman–Crippen MR) is 75.7 cm³/mol. The fourth-order valence-electron chi connectivity index (χ4n) is 2.21. The molecule has 1 heterocycles. The van der Waals surface area contributed by atoms with Gasteiger partial charge in [-0.05, 0) is 31.0 Å². The molecule has 2 aromatic rings. The Morgan fingerprint density at radius 2 is 2.05 bits per heavy atom.